The number of anilines is 1. The monoisotopic (exact) mass is 263 g/mol. The molecule has 0 aliphatic carbocycles. The van der Waals surface area contributed by atoms with E-state index in [0.29, 0.717) is 18.2 Å². The largest absolute Gasteiger partial charge is 0.378 e. The van der Waals surface area contributed by atoms with Gasteiger partial charge >= 0.3 is 0 Å². The van der Waals surface area contributed by atoms with Crippen molar-refractivity contribution in [1.29, 1.82) is 0 Å². The third kappa shape index (κ3) is 3.68. The van der Waals surface area contributed by atoms with E-state index >= 15 is 0 Å². The number of hydrogen-bond acceptors (Lipinski definition) is 4. The van der Waals surface area contributed by atoms with E-state index in [1.165, 1.54) is 0 Å². The van der Waals surface area contributed by atoms with Crippen molar-refractivity contribution in [3.63, 3.8) is 0 Å². The number of nitrogens with one attached hydrogen (secondary N) is 2. The van der Waals surface area contributed by atoms with Gasteiger partial charge in [-0.05, 0) is 49.9 Å². The highest BCUT2D eigenvalue weighted by atomic mass is 16.5. The number of carbonyl (C=O) groups excluding carboxylic acids is 1. The van der Waals surface area contributed by atoms with E-state index in [4.69, 9.17) is 10.6 Å². The van der Waals surface area contributed by atoms with Gasteiger partial charge in [-0.1, -0.05) is 0 Å². The zero-order valence-corrected chi connectivity index (χ0v) is 11.2. The SMILES string of the molecule is Cc1cc(C(=O)NCCC2CCCO2)ccc1NN. The van der Waals surface area contributed by atoms with Crippen LogP contribution in [0.3, 0.4) is 0 Å². The second-order valence-electron chi connectivity index (χ2n) is 4.85. The second kappa shape index (κ2) is 6.54. The lowest BCUT2D eigenvalue weighted by Gasteiger charge is -2.11. The first-order valence-corrected chi connectivity index (χ1v) is 6.68. The third-order valence-electron chi connectivity index (χ3n) is 3.42. The van der Waals surface area contributed by atoms with Gasteiger partial charge in [-0.25, -0.2) is 0 Å². The molecule has 1 aromatic rings. The molecule has 19 heavy (non-hydrogen) atoms. The van der Waals surface area contributed by atoms with E-state index in [-0.39, 0.29) is 5.91 Å². The molecule has 1 unspecified atom stereocenters. The van der Waals surface area contributed by atoms with Crippen LogP contribution in [0.5, 0.6) is 0 Å². The van der Waals surface area contributed by atoms with Crippen molar-refractivity contribution < 1.29 is 9.53 Å². The standard InChI is InChI=1S/C14H21N3O2/c1-10-9-11(4-5-13(10)17-15)14(18)16-7-6-12-3-2-8-19-12/h4-5,9,12,17H,2-3,6-8,15H2,1H3,(H,16,18). The highest BCUT2D eigenvalue weighted by Gasteiger charge is 2.15. The maximum absolute atomic E-state index is 12.0. The molecule has 1 heterocycles. The molecule has 1 atom stereocenters. The van der Waals surface area contributed by atoms with Crippen LogP contribution in [0.25, 0.3) is 0 Å². The average molecular weight is 263 g/mol. The summed E-state index contributed by atoms with van der Waals surface area (Å²) in [6.07, 6.45) is 3.43. The minimum Gasteiger partial charge on any atom is -0.378 e. The quantitative estimate of drug-likeness (QED) is 0.557. The molecule has 0 saturated carbocycles. The summed E-state index contributed by atoms with van der Waals surface area (Å²) in [5, 5.41) is 2.92. The van der Waals surface area contributed by atoms with Crippen LogP contribution in [-0.2, 0) is 4.74 Å². The lowest BCUT2D eigenvalue weighted by Crippen LogP contribution is -2.27. The minimum atomic E-state index is -0.0512. The summed E-state index contributed by atoms with van der Waals surface area (Å²) in [6.45, 7) is 3.42. The molecular formula is C14H21N3O2. The van der Waals surface area contributed by atoms with Gasteiger partial charge in [0.2, 0.25) is 0 Å². The van der Waals surface area contributed by atoms with Crippen LogP contribution >= 0.6 is 0 Å². The summed E-state index contributed by atoms with van der Waals surface area (Å²) >= 11 is 0. The van der Waals surface area contributed by atoms with Crippen LogP contribution in [0.15, 0.2) is 18.2 Å². The number of ether oxygens (including phenoxy) is 1. The number of amides is 1. The van der Waals surface area contributed by atoms with Crippen LogP contribution in [0.2, 0.25) is 0 Å². The highest BCUT2D eigenvalue weighted by molar-refractivity contribution is 5.94. The van der Waals surface area contributed by atoms with Crippen molar-refractivity contribution in [2.24, 2.45) is 5.84 Å². The molecule has 0 spiro atoms. The van der Waals surface area contributed by atoms with Crippen molar-refractivity contribution in [1.82, 2.24) is 5.32 Å². The van der Waals surface area contributed by atoms with Crippen LogP contribution < -0.4 is 16.6 Å². The first kappa shape index (κ1) is 13.8. The molecule has 0 bridgehead atoms. The van der Waals surface area contributed by atoms with E-state index in [1.807, 2.05) is 19.1 Å². The molecule has 4 N–H and O–H groups in total. The number of nitrogen functional groups attached to an aromatic ring is 1. The Morgan fingerprint density at radius 2 is 2.37 bits per heavy atom. The third-order valence-corrected chi connectivity index (χ3v) is 3.42. The highest BCUT2D eigenvalue weighted by Crippen LogP contribution is 2.16. The van der Waals surface area contributed by atoms with E-state index in [0.717, 1.165) is 37.1 Å². The Labute approximate surface area is 113 Å². The van der Waals surface area contributed by atoms with Gasteiger partial charge in [0.15, 0.2) is 0 Å². The summed E-state index contributed by atoms with van der Waals surface area (Å²) in [7, 11) is 0. The number of aryl methyl sites for hydroxylation is 1. The zero-order chi connectivity index (χ0) is 13.7. The van der Waals surface area contributed by atoms with Crippen molar-refractivity contribution in [2.45, 2.75) is 32.3 Å². The summed E-state index contributed by atoms with van der Waals surface area (Å²) in [5.74, 6) is 5.31. The predicted molar refractivity (Wildman–Crippen MR) is 74.9 cm³/mol. The Morgan fingerprint density at radius 3 is 3.00 bits per heavy atom. The number of rotatable bonds is 5. The van der Waals surface area contributed by atoms with Gasteiger partial charge in [0.1, 0.15) is 0 Å². The molecule has 1 amide bonds. The second-order valence-corrected chi connectivity index (χ2v) is 4.85. The van der Waals surface area contributed by atoms with Crippen molar-refractivity contribution in [2.75, 3.05) is 18.6 Å². The van der Waals surface area contributed by atoms with Gasteiger partial charge in [-0.3, -0.25) is 10.6 Å². The lowest BCUT2D eigenvalue weighted by molar-refractivity contribution is 0.0907. The first-order chi connectivity index (χ1) is 9.20. The minimum absolute atomic E-state index is 0.0512. The smallest absolute Gasteiger partial charge is 0.251 e. The number of carbonyl (C=O) groups is 1. The van der Waals surface area contributed by atoms with Crippen LogP contribution in [0.1, 0.15) is 35.2 Å². The van der Waals surface area contributed by atoms with Gasteiger partial charge in [-0.15, -0.1) is 0 Å². The van der Waals surface area contributed by atoms with Crippen molar-refractivity contribution >= 4 is 11.6 Å². The Balaban J connectivity index is 1.83. The Morgan fingerprint density at radius 1 is 1.53 bits per heavy atom. The average Bonchev–Trinajstić information content (AvgIpc) is 2.91. The summed E-state index contributed by atoms with van der Waals surface area (Å²) in [4.78, 5) is 12.0. The van der Waals surface area contributed by atoms with Gasteiger partial charge in [0.05, 0.1) is 11.8 Å². The first-order valence-electron chi connectivity index (χ1n) is 6.68. The number of hydrazine groups is 1. The predicted octanol–water partition coefficient (Wildman–Crippen LogP) is 1.58. The molecule has 1 aromatic carbocycles. The van der Waals surface area contributed by atoms with Crippen molar-refractivity contribution in [3.8, 4) is 0 Å². The summed E-state index contributed by atoms with van der Waals surface area (Å²) in [5.41, 5.74) is 5.03. The number of nitrogens with two attached hydrogens (primary N) is 1. The van der Waals surface area contributed by atoms with Gasteiger partial charge < -0.3 is 15.5 Å². The van der Waals surface area contributed by atoms with Crippen LogP contribution in [-0.4, -0.2) is 25.2 Å². The normalized spacial score (nSPS) is 18.3. The number of benzene rings is 1. The maximum Gasteiger partial charge on any atom is 0.251 e. The summed E-state index contributed by atoms with van der Waals surface area (Å²) in [6, 6.07) is 5.41. The van der Waals surface area contributed by atoms with E-state index in [9.17, 15) is 4.79 Å². The van der Waals surface area contributed by atoms with Crippen LogP contribution in [0.4, 0.5) is 5.69 Å². The molecule has 104 valence electrons. The molecule has 0 aromatic heterocycles. The Kier molecular flexibility index (Phi) is 4.76. The maximum atomic E-state index is 12.0. The van der Waals surface area contributed by atoms with Crippen LogP contribution in [0, 0.1) is 6.92 Å². The van der Waals surface area contributed by atoms with Crippen molar-refractivity contribution in [3.05, 3.63) is 29.3 Å². The fourth-order valence-electron chi connectivity index (χ4n) is 2.29. The Hall–Kier alpha value is -1.59. The van der Waals surface area contributed by atoms with Gasteiger partial charge in [-0.2, -0.15) is 0 Å². The fourth-order valence-corrected chi connectivity index (χ4v) is 2.29. The molecule has 1 aliphatic rings. The van der Waals surface area contributed by atoms with E-state index in [1.54, 1.807) is 6.07 Å². The molecule has 1 saturated heterocycles. The molecular weight excluding hydrogens is 242 g/mol. The fraction of sp³-hybridized carbons (Fsp3) is 0.500. The molecule has 1 fully saturated rings. The molecule has 5 nitrogen and oxygen atoms in total. The number of hydrogen-bond donors (Lipinski definition) is 3. The molecule has 1 aliphatic heterocycles. The topological polar surface area (TPSA) is 76.4 Å². The molecule has 5 heteroatoms. The zero-order valence-electron chi connectivity index (χ0n) is 11.2. The van der Waals surface area contributed by atoms with E-state index in [2.05, 4.69) is 10.7 Å². The van der Waals surface area contributed by atoms with Gasteiger partial charge in [0, 0.05) is 18.7 Å². The Bertz CT molecular complexity index is 442. The summed E-state index contributed by atoms with van der Waals surface area (Å²) < 4.78 is 5.52. The van der Waals surface area contributed by atoms with Gasteiger partial charge in [0.25, 0.3) is 5.91 Å². The lowest BCUT2D eigenvalue weighted by atomic mass is 10.1. The molecule has 0 radical (unpaired) electrons. The van der Waals surface area contributed by atoms with E-state index < -0.39 is 0 Å². The molecule has 2 rings (SSSR count).